The molecule has 0 unspecified atom stereocenters. The van der Waals surface area contributed by atoms with E-state index in [4.69, 9.17) is 16.1 Å². The van der Waals surface area contributed by atoms with Gasteiger partial charge in [0.05, 0.1) is 0 Å². The molecule has 0 radical (unpaired) electrons. The predicted molar refractivity (Wildman–Crippen MR) is 85.1 cm³/mol. The van der Waals surface area contributed by atoms with Crippen LogP contribution in [0.15, 0.2) is 48.5 Å². The third-order valence-corrected chi connectivity index (χ3v) is 4.26. The molecule has 0 saturated heterocycles. The second kappa shape index (κ2) is 6.34. The first-order valence-electron chi connectivity index (χ1n) is 6.38. The molecule has 1 N–H and O–H groups in total. The van der Waals surface area contributed by atoms with Crippen molar-refractivity contribution in [1.29, 1.82) is 0 Å². The van der Waals surface area contributed by atoms with Crippen molar-refractivity contribution in [3.05, 3.63) is 59.1 Å². The van der Waals surface area contributed by atoms with Gasteiger partial charge in [0.1, 0.15) is 5.75 Å². The second-order valence-electron chi connectivity index (χ2n) is 4.55. The number of anilines is 1. The lowest BCUT2D eigenvalue weighted by Crippen LogP contribution is -2.02. The van der Waals surface area contributed by atoms with Gasteiger partial charge < -0.3 is 9.61 Å². The summed E-state index contributed by atoms with van der Waals surface area (Å²) in [6.07, 6.45) is 0.965. The van der Waals surface area contributed by atoms with Gasteiger partial charge in [-0.15, -0.1) is 0 Å². The fourth-order valence-electron chi connectivity index (χ4n) is 1.77. The fourth-order valence-corrected chi connectivity index (χ4v) is 3.08. The van der Waals surface area contributed by atoms with E-state index < -0.39 is 7.52 Å². The molecule has 0 aromatic heterocycles. The van der Waals surface area contributed by atoms with E-state index in [0.29, 0.717) is 16.5 Å². The van der Waals surface area contributed by atoms with E-state index in [0.717, 1.165) is 6.42 Å². The molecule has 0 bridgehead atoms. The largest absolute Gasteiger partial charge is 0.429 e. The molecule has 0 heterocycles. The lowest BCUT2D eigenvalue weighted by molar-refractivity contribution is 0.493. The first kappa shape index (κ1) is 15.0. The maximum atomic E-state index is 12.4. The van der Waals surface area contributed by atoms with Crippen molar-refractivity contribution in [2.75, 3.05) is 11.8 Å². The highest BCUT2D eigenvalue weighted by molar-refractivity contribution is 7.60. The Balaban J connectivity index is 2.06. The van der Waals surface area contributed by atoms with Crippen molar-refractivity contribution in [3.63, 3.8) is 0 Å². The SMILES string of the molecule is CCc1ccc(O[P@](C)(=O)Nc2ccc(Cl)cc2)cc1. The van der Waals surface area contributed by atoms with Crippen LogP contribution in [0.2, 0.25) is 5.02 Å². The van der Waals surface area contributed by atoms with E-state index in [2.05, 4.69) is 12.0 Å². The summed E-state index contributed by atoms with van der Waals surface area (Å²) < 4.78 is 18.0. The summed E-state index contributed by atoms with van der Waals surface area (Å²) in [5, 5.41) is 3.53. The minimum Gasteiger partial charge on any atom is -0.429 e. The van der Waals surface area contributed by atoms with E-state index in [9.17, 15) is 4.57 Å². The van der Waals surface area contributed by atoms with Crippen molar-refractivity contribution in [1.82, 2.24) is 0 Å². The summed E-state index contributed by atoms with van der Waals surface area (Å²) in [7, 11) is -2.97. The molecule has 0 spiro atoms. The van der Waals surface area contributed by atoms with Crippen LogP contribution in [0.25, 0.3) is 0 Å². The van der Waals surface area contributed by atoms with Gasteiger partial charge in [-0.1, -0.05) is 30.7 Å². The number of benzene rings is 2. The van der Waals surface area contributed by atoms with E-state index in [1.807, 2.05) is 24.3 Å². The van der Waals surface area contributed by atoms with Crippen LogP contribution in [0.5, 0.6) is 5.75 Å². The summed E-state index contributed by atoms with van der Waals surface area (Å²) in [6, 6.07) is 14.6. The third kappa shape index (κ3) is 4.29. The molecule has 0 aliphatic heterocycles. The Bertz CT molecular complexity index is 611. The maximum absolute atomic E-state index is 12.4. The Hall–Kier alpha value is -1.44. The molecular weight excluding hydrogens is 293 g/mol. The number of halogens is 1. The summed E-state index contributed by atoms with van der Waals surface area (Å²) in [5.74, 6) is 0.592. The molecule has 20 heavy (non-hydrogen) atoms. The van der Waals surface area contributed by atoms with Gasteiger partial charge in [-0.3, -0.25) is 4.57 Å². The van der Waals surface area contributed by atoms with Gasteiger partial charge in [0.15, 0.2) is 0 Å². The van der Waals surface area contributed by atoms with Crippen LogP contribution in [-0.4, -0.2) is 6.66 Å². The van der Waals surface area contributed by atoms with Crippen LogP contribution < -0.4 is 9.61 Å². The highest BCUT2D eigenvalue weighted by Gasteiger charge is 2.17. The molecule has 0 amide bonds. The highest BCUT2D eigenvalue weighted by atomic mass is 35.5. The Morgan fingerprint density at radius 3 is 2.25 bits per heavy atom. The second-order valence-corrected chi connectivity index (χ2v) is 7.09. The first-order chi connectivity index (χ1) is 9.48. The van der Waals surface area contributed by atoms with E-state index in [-0.39, 0.29) is 0 Å². The van der Waals surface area contributed by atoms with Crippen molar-refractivity contribution in [3.8, 4) is 5.75 Å². The van der Waals surface area contributed by atoms with E-state index in [1.54, 1.807) is 30.9 Å². The number of nitrogens with one attached hydrogen (secondary N) is 1. The van der Waals surface area contributed by atoms with Crippen LogP contribution >= 0.6 is 19.1 Å². The van der Waals surface area contributed by atoms with Gasteiger partial charge in [-0.05, 0) is 48.4 Å². The van der Waals surface area contributed by atoms with E-state index in [1.165, 1.54) is 5.56 Å². The van der Waals surface area contributed by atoms with Crippen LogP contribution in [-0.2, 0) is 11.0 Å². The van der Waals surface area contributed by atoms with E-state index >= 15 is 0 Å². The molecule has 0 fully saturated rings. The molecule has 2 aromatic rings. The van der Waals surface area contributed by atoms with Gasteiger partial charge in [0.2, 0.25) is 0 Å². The summed E-state index contributed by atoms with van der Waals surface area (Å²) >= 11 is 5.81. The van der Waals surface area contributed by atoms with Gasteiger partial charge >= 0.3 is 7.52 Å². The summed E-state index contributed by atoms with van der Waals surface area (Å²) in [5.41, 5.74) is 1.93. The smallest absolute Gasteiger partial charge is 0.338 e. The van der Waals surface area contributed by atoms with Crippen molar-refractivity contribution in [2.45, 2.75) is 13.3 Å². The Labute approximate surface area is 124 Å². The van der Waals surface area contributed by atoms with Crippen molar-refractivity contribution >= 4 is 24.8 Å². The Morgan fingerprint density at radius 1 is 1.10 bits per heavy atom. The third-order valence-electron chi connectivity index (χ3n) is 2.79. The molecule has 5 heteroatoms. The van der Waals surface area contributed by atoms with Gasteiger partial charge in [0, 0.05) is 17.4 Å². The quantitative estimate of drug-likeness (QED) is 0.770. The number of hydrogen-bond donors (Lipinski definition) is 1. The Morgan fingerprint density at radius 2 is 1.70 bits per heavy atom. The summed E-state index contributed by atoms with van der Waals surface area (Å²) in [6.45, 7) is 3.64. The average molecular weight is 310 g/mol. The lowest BCUT2D eigenvalue weighted by Gasteiger charge is -2.17. The molecular formula is C15H17ClNO2P. The number of aryl methyl sites for hydroxylation is 1. The van der Waals surface area contributed by atoms with Crippen LogP contribution in [0.3, 0.4) is 0 Å². The number of rotatable bonds is 5. The Kier molecular flexibility index (Phi) is 4.74. The topological polar surface area (TPSA) is 38.3 Å². The average Bonchev–Trinajstić information content (AvgIpc) is 2.41. The zero-order chi connectivity index (χ0) is 14.6. The zero-order valence-electron chi connectivity index (χ0n) is 11.5. The standard InChI is InChI=1S/C15H17ClNO2P/c1-3-12-4-10-15(11-5-12)19-20(2,18)17-14-8-6-13(16)7-9-14/h4-11H,3H2,1-2H3,(H,17,18)/t20-/m0/s1. The van der Waals surface area contributed by atoms with Crippen LogP contribution in [0.4, 0.5) is 5.69 Å². The monoisotopic (exact) mass is 309 g/mol. The predicted octanol–water partition coefficient (Wildman–Crippen LogP) is 5.22. The minimum atomic E-state index is -2.97. The zero-order valence-corrected chi connectivity index (χ0v) is 13.1. The molecule has 2 aromatic carbocycles. The van der Waals surface area contributed by atoms with Crippen molar-refractivity contribution < 1.29 is 9.09 Å². The number of hydrogen-bond acceptors (Lipinski definition) is 2. The highest BCUT2D eigenvalue weighted by Crippen LogP contribution is 2.43. The normalized spacial score (nSPS) is 13.6. The fraction of sp³-hybridized carbons (Fsp3) is 0.200. The van der Waals surface area contributed by atoms with Crippen LogP contribution in [0.1, 0.15) is 12.5 Å². The molecule has 3 nitrogen and oxygen atoms in total. The molecule has 0 aliphatic carbocycles. The molecule has 0 saturated carbocycles. The minimum absolute atomic E-state index is 0.592. The lowest BCUT2D eigenvalue weighted by atomic mass is 10.2. The van der Waals surface area contributed by atoms with Crippen molar-refractivity contribution in [2.24, 2.45) is 0 Å². The molecule has 1 atom stereocenters. The van der Waals surface area contributed by atoms with Gasteiger partial charge in [0.25, 0.3) is 0 Å². The first-order valence-corrected chi connectivity index (χ1v) is 8.83. The molecule has 0 aliphatic rings. The van der Waals surface area contributed by atoms with Gasteiger partial charge in [-0.2, -0.15) is 0 Å². The molecule has 106 valence electrons. The summed E-state index contributed by atoms with van der Waals surface area (Å²) in [4.78, 5) is 0. The molecule has 2 rings (SSSR count). The maximum Gasteiger partial charge on any atom is 0.338 e. The van der Waals surface area contributed by atoms with Crippen LogP contribution in [0, 0.1) is 0 Å². The van der Waals surface area contributed by atoms with Gasteiger partial charge in [-0.25, -0.2) is 0 Å².